The molecule has 18 heavy (non-hydrogen) atoms. The van der Waals surface area contributed by atoms with E-state index in [2.05, 4.69) is 6.92 Å². The van der Waals surface area contributed by atoms with E-state index in [9.17, 15) is 9.18 Å². The third kappa shape index (κ3) is 4.53. The first-order valence-electron chi connectivity index (χ1n) is 5.96. The Morgan fingerprint density at radius 3 is 2.72 bits per heavy atom. The summed E-state index contributed by atoms with van der Waals surface area (Å²) < 4.78 is 13.1. The maximum atomic E-state index is 13.1. The summed E-state index contributed by atoms with van der Waals surface area (Å²) in [7, 11) is 0. The van der Waals surface area contributed by atoms with Crippen molar-refractivity contribution in [3.63, 3.8) is 0 Å². The molecule has 0 aromatic heterocycles. The fourth-order valence-corrected chi connectivity index (χ4v) is 1.81. The molecule has 0 aliphatic rings. The predicted octanol–water partition coefficient (Wildman–Crippen LogP) is 3.56. The predicted molar refractivity (Wildman–Crippen MR) is 70.8 cm³/mol. The van der Waals surface area contributed by atoms with Crippen molar-refractivity contribution < 1.29 is 14.3 Å². The Kier molecular flexibility index (Phi) is 5.92. The van der Waals surface area contributed by atoms with Crippen LogP contribution in [-0.2, 0) is 4.79 Å². The summed E-state index contributed by atoms with van der Waals surface area (Å²) in [6.45, 7) is 3.20. The first kappa shape index (κ1) is 14.8. The van der Waals surface area contributed by atoms with Crippen LogP contribution in [0.3, 0.4) is 0 Å². The highest BCUT2D eigenvalue weighted by molar-refractivity contribution is 6.31. The van der Waals surface area contributed by atoms with Gasteiger partial charge in [0, 0.05) is 18.8 Å². The number of hydrogen-bond donors (Lipinski definition) is 1. The van der Waals surface area contributed by atoms with Crippen LogP contribution in [0.15, 0.2) is 18.2 Å². The smallest absolute Gasteiger partial charge is 0.305 e. The van der Waals surface area contributed by atoms with E-state index >= 15 is 0 Å². The quantitative estimate of drug-likeness (QED) is 0.826. The molecule has 0 heterocycles. The van der Waals surface area contributed by atoms with Crippen LogP contribution in [0, 0.1) is 5.82 Å². The maximum absolute atomic E-state index is 13.1. The SMILES string of the molecule is CCCCN(CCC(=O)O)c1ccc(F)c(Cl)c1. The molecule has 0 saturated heterocycles. The standard InChI is InChI=1S/C13H17ClFNO2/c1-2-3-7-16(8-6-13(17)18)10-4-5-12(15)11(14)9-10/h4-5,9H,2-3,6-8H2,1H3,(H,17,18). The van der Waals surface area contributed by atoms with Crippen LogP contribution in [0.4, 0.5) is 10.1 Å². The van der Waals surface area contributed by atoms with Gasteiger partial charge in [0.05, 0.1) is 11.4 Å². The molecule has 0 saturated carbocycles. The number of carbonyl (C=O) groups is 1. The molecule has 1 aromatic carbocycles. The van der Waals surface area contributed by atoms with Crippen LogP contribution in [0.25, 0.3) is 0 Å². The minimum absolute atomic E-state index is 0.0543. The van der Waals surface area contributed by atoms with Gasteiger partial charge in [-0.1, -0.05) is 24.9 Å². The summed E-state index contributed by atoms with van der Waals surface area (Å²) in [5.74, 6) is -1.31. The summed E-state index contributed by atoms with van der Waals surface area (Å²) in [4.78, 5) is 12.5. The Bertz CT molecular complexity index is 412. The molecular weight excluding hydrogens is 257 g/mol. The van der Waals surface area contributed by atoms with Crippen molar-refractivity contribution in [1.82, 2.24) is 0 Å². The molecule has 0 radical (unpaired) electrons. The van der Waals surface area contributed by atoms with Gasteiger partial charge in [0.25, 0.3) is 0 Å². The number of anilines is 1. The fourth-order valence-electron chi connectivity index (χ4n) is 1.63. The second-order valence-corrected chi connectivity index (χ2v) is 4.49. The van der Waals surface area contributed by atoms with Gasteiger partial charge in [-0.15, -0.1) is 0 Å². The lowest BCUT2D eigenvalue weighted by Crippen LogP contribution is -2.27. The van der Waals surface area contributed by atoms with Gasteiger partial charge in [0.1, 0.15) is 5.82 Å². The number of carboxylic acid groups (broad SMARTS) is 1. The van der Waals surface area contributed by atoms with Crippen molar-refractivity contribution in [2.24, 2.45) is 0 Å². The lowest BCUT2D eigenvalue weighted by Gasteiger charge is -2.24. The summed E-state index contributed by atoms with van der Waals surface area (Å²) in [6, 6.07) is 4.46. The highest BCUT2D eigenvalue weighted by Gasteiger charge is 2.10. The third-order valence-corrected chi connectivity index (χ3v) is 2.94. The molecule has 3 nitrogen and oxygen atoms in total. The average Bonchev–Trinajstić information content (AvgIpc) is 2.33. The fraction of sp³-hybridized carbons (Fsp3) is 0.462. The minimum atomic E-state index is -0.843. The summed E-state index contributed by atoms with van der Waals surface area (Å²) in [5, 5.41) is 8.78. The first-order chi connectivity index (χ1) is 8.54. The molecule has 0 aliphatic carbocycles. The summed E-state index contributed by atoms with van der Waals surface area (Å²) in [6.07, 6.45) is 2.02. The highest BCUT2D eigenvalue weighted by Crippen LogP contribution is 2.23. The maximum Gasteiger partial charge on any atom is 0.305 e. The van der Waals surface area contributed by atoms with Crippen LogP contribution in [-0.4, -0.2) is 24.2 Å². The van der Waals surface area contributed by atoms with Gasteiger partial charge >= 0.3 is 5.97 Å². The monoisotopic (exact) mass is 273 g/mol. The van der Waals surface area contributed by atoms with E-state index in [4.69, 9.17) is 16.7 Å². The van der Waals surface area contributed by atoms with Gasteiger partial charge in [-0.05, 0) is 24.6 Å². The van der Waals surface area contributed by atoms with Crippen LogP contribution < -0.4 is 4.90 Å². The number of aliphatic carboxylic acids is 1. The Labute approximate surface area is 111 Å². The molecule has 1 N–H and O–H groups in total. The number of benzene rings is 1. The second kappa shape index (κ2) is 7.21. The van der Waals surface area contributed by atoms with Gasteiger partial charge in [-0.3, -0.25) is 4.79 Å². The largest absolute Gasteiger partial charge is 0.481 e. The van der Waals surface area contributed by atoms with E-state index in [1.54, 1.807) is 6.07 Å². The average molecular weight is 274 g/mol. The zero-order valence-corrected chi connectivity index (χ0v) is 11.1. The molecule has 1 rings (SSSR count). The Morgan fingerprint density at radius 2 is 2.17 bits per heavy atom. The molecule has 0 atom stereocenters. The molecule has 5 heteroatoms. The lowest BCUT2D eigenvalue weighted by atomic mass is 10.2. The van der Waals surface area contributed by atoms with Gasteiger partial charge in [-0.25, -0.2) is 4.39 Å². The Morgan fingerprint density at radius 1 is 1.44 bits per heavy atom. The molecule has 0 aliphatic heterocycles. The third-order valence-electron chi connectivity index (χ3n) is 2.65. The van der Waals surface area contributed by atoms with Gasteiger partial charge in [0.2, 0.25) is 0 Å². The van der Waals surface area contributed by atoms with E-state index < -0.39 is 11.8 Å². The van der Waals surface area contributed by atoms with Crippen molar-refractivity contribution in [2.75, 3.05) is 18.0 Å². The van der Waals surface area contributed by atoms with Crippen LogP contribution >= 0.6 is 11.6 Å². The van der Waals surface area contributed by atoms with Crippen molar-refractivity contribution in [2.45, 2.75) is 26.2 Å². The molecular formula is C13H17ClFNO2. The van der Waals surface area contributed by atoms with Crippen LogP contribution in [0.5, 0.6) is 0 Å². The number of carboxylic acids is 1. The van der Waals surface area contributed by atoms with E-state index in [1.165, 1.54) is 12.1 Å². The number of nitrogens with zero attached hydrogens (tertiary/aromatic N) is 1. The van der Waals surface area contributed by atoms with Crippen LogP contribution in [0.2, 0.25) is 5.02 Å². The molecule has 0 amide bonds. The zero-order valence-electron chi connectivity index (χ0n) is 10.3. The van der Waals surface area contributed by atoms with E-state index in [0.29, 0.717) is 6.54 Å². The summed E-state index contributed by atoms with van der Waals surface area (Å²) >= 11 is 5.74. The number of rotatable bonds is 7. The molecule has 0 bridgehead atoms. The van der Waals surface area contributed by atoms with Crippen molar-refractivity contribution in [3.8, 4) is 0 Å². The number of hydrogen-bond acceptors (Lipinski definition) is 2. The van der Waals surface area contributed by atoms with E-state index in [0.717, 1.165) is 25.1 Å². The second-order valence-electron chi connectivity index (χ2n) is 4.08. The zero-order chi connectivity index (χ0) is 13.5. The number of halogens is 2. The first-order valence-corrected chi connectivity index (χ1v) is 6.34. The van der Waals surface area contributed by atoms with E-state index in [-0.39, 0.29) is 11.4 Å². The normalized spacial score (nSPS) is 10.4. The van der Waals surface area contributed by atoms with Crippen molar-refractivity contribution in [3.05, 3.63) is 29.0 Å². The Hall–Kier alpha value is -1.29. The van der Waals surface area contributed by atoms with Gasteiger partial charge in [0.15, 0.2) is 0 Å². The highest BCUT2D eigenvalue weighted by atomic mass is 35.5. The summed E-state index contributed by atoms with van der Waals surface area (Å²) in [5.41, 5.74) is 0.760. The van der Waals surface area contributed by atoms with Gasteiger partial charge < -0.3 is 10.0 Å². The van der Waals surface area contributed by atoms with E-state index in [1.807, 2.05) is 4.90 Å². The molecule has 0 spiro atoms. The number of unbranched alkanes of at least 4 members (excludes halogenated alkanes) is 1. The molecule has 0 fully saturated rings. The molecule has 0 unspecified atom stereocenters. The minimum Gasteiger partial charge on any atom is -0.481 e. The molecule has 100 valence electrons. The lowest BCUT2D eigenvalue weighted by molar-refractivity contribution is -0.136. The Balaban J connectivity index is 2.79. The van der Waals surface area contributed by atoms with Gasteiger partial charge in [-0.2, -0.15) is 0 Å². The van der Waals surface area contributed by atoms with Crippen molar-refractivity contribution >= 4 is 23.3 Å². The molecule has 1 aromatic rings. The van der Waals surface area contributed by atoms with Crippen LogP contribution in [0.1, 0.15) is 26.2 Å². The topological polar surface area (TPSA) is 40.5 Å². The van der Waals surface area contributed by atoms with Crippen molar-refractivity contribution in [1.29, 1.82) is 0 Å².